The molecule has 3 rings (SSSR count). The monoisotopic (exact) mass is 423 g/mol. The van der Waals surface area contributed by atoms with Crippen molar-refractivity contribution in [3.63, 3.8) is 0 Å². The molecule has 28 heavy (non-hydrogen) atoms. The van der Waals surface area contributed by atoms with Crippen molar-refractivity contribution in [2.75, 3.05) is 20.1 Å². The predicted molar refractivity (Wildman–Crippen MR) is 109 cm³/mol. The van der Waals surface area contributed by atoms with Crippen LogP contribution in [-0.2, 0) is 29.0 Å². The summed E-state index contributed by atoms with van der Waals surface area (Å²) in [6.45, 7) is 2.75. The molecular weight excluding hydrogens is 402 g/mol. The molecular formula is C20H22ClNO5S. The zero-order valence-corrected chi connectivity index (χ0v) is 17.0. The number of likely N-dealkylation sites (N-methyl/N-ethyl adjacent to an activating group) is 1. The molecule has 8 heteroatoms. The number of rotatable bonds is 5. The molecule has 1 aromatic heterocycles. The zero-order chi connectivity index (χ0) is 20.5. The van der Waals surface area contributed by atoms with Crippen molar-refractivity contribution < 1.29 is 24.5 Å². The van der Waals surface area contributed by atoms with E-state index >= 15 is 0 Å². The summed E-state index contributed by atoms with van der Waals surface area (Å²) >= 11 is 8.06. The molecule has 2 heterocycles. The topological polar surface area (TPSA) is 87.1 Å². The summed E-state index contributed by atoms with van der Waals surface area (Å²) in [6.07, 6.45) is 3.12. The van der Waals surface area contributed by atoms with Gasteiger partial charge in [-0.3, -0.25) is 0 Å². The van der Waals surface area contributed by atoms with Gasteiger partial charge in [0, 0.05) is 35.8 Å². The van der Waals surface area contributed by atoms with Gasteiger partial charge >= 0.3 is 11.9 Å². The number of fused-ring (bicyclic) bond motifs is 1. The predicted octanol–water partition coefficient (Wildman–Crippen LogP) is 3.72. The molecule has 0 saturated heterocycles. The maximum absolute atomic E-state index is 9.55. The number of nitrogens with zero attached hydrogens (tertiary/aromatic N) is 1. The van der Waals surface area contributed by atoms with Gasteiger partial charge in [0.15, 0.2) is 0 Å². The maximum atomic E-state index is 9.55. The van der Waals surface area contributed by atoms with Crippen LogP contribution in [0.5, 0.6) is 5.75 Å². The summed E-state index contributed by atoms with van der Waals surface area (Å²) in [4.78, 5) is 21.5. The van der Waals surface area contributed by atoms with Crippen LogP contribution in [0.1, 0.15) is 16.7 Å². The highest BCUT2D eigenvalue weighted by atomic mass is 35.5. The summed E-state index contributed by atoms with van der Waals surface area (Å²) in [5.41, 5.74) is 3.78. The lowest BCUT2D eigenvalue weighted by atomic mass is 10.0. The smallest absolute Gasteiger partial charge is 0.328 e. The van der Waals surface area contributed by atoms with Crippen LogP contribution in [0.4, 0.5) is 0 Å². The number of carboxylic acids is 2. The summed E-state index contributed by atoms with van der Waals surface area (Å²) in [5, 5.41) is 20.7. The van der Waals surface area contributed by atoms with E-state index in [1.807, 2.05) is 12.1 Å². The first-order chi connectivity index (χ1) is 13.4. The van der Waals surface area contributed by atoms with E-state index in [-0.39, 0.29) is 0 Å². The van der Waals surface area contributed by atoms with Crippen LogP contribution in [0.25, 0.3) is 0 Å². The lowest BCUT2D eigenvalue weighted by molar-refractivity contribution is -0.134. The number of carboxylic acid groups (broad SMARTS) is 2. The van der Waals surface area contributed by atoms with Crippen molar-refractivity contribution in [2.45, 2.75) is 19.4 Å². The van der Waals surface area contributed by atoms with Gasteiger partial charge in [0.1, 0.15) is 12.4 Å². The van der Waals surface area contributed by atoms with Gasteiger partial charge in [0.2, 0.25) is 0 Å². The molecule has 2 N–H and O–H groups in total. The second kappa shape index (κ2) is 10.8. The van der Waals surface area contributed by atoms with Crippen molar-refractivity contribution >= 4 is 34.9 Å². The van der Waals surface area contributed by atoms with Crippen LogP contribution in [0.2, 0.25) is 5.02 Å². The van der Waals surface area contributed by atoms with Crippen LogP contribution >= 0.6 is 22.9 Å². The third-order valence-electron chi connectivity index (χ3n) is 4.16. The first-order valence-corrected chi connectivity index (χ1v) is 9.95. The summed E-state index contributed by atoms with van der Waals surface area (Å²) < 4.78 is 6.02. The number of thiophene rings is 1. The molecule has 0 saturated carbocycles. The fraction of sp³-hybridized carbons (Fsp3) is 0.300. The minimum Gasteiger partial charge on any atom is -0.489 e. The molecule has 0 bridgehead atoms. The van der Waals surface area contributed by atoms with Crippen molar-refractivity contribution in [3.05, 3.63) is 62.8 Å². The second-order valence-electron chi connectivity index (χ2n) is 6.24. The molecule has 2 aromatic rings. The first kappa shape index (κ1) is 21.9. The number of carbonyl (C=O) groups is 2. The highest BCUT2D eigenvalue weighted by Crippen LogP contribution is 2.32. The summed E-state index contributed by atoms with van der Waals surface area (Å²) in [7, 11) is 2.16. The van der Waals surface area contributed by atoms with Crippen LogP contribution in [-0.4, -0.2) is 47.2 Å². The van der Waals surface area contributed by atoms with Gasteiger partial charge in [-0.25, -0.2) is 9.59 Å². The SMILES string of the molecule is CN1CCc2c(Cl)ccc(OCc3ccsc3)c2CC1.O=C(O)/C=C\C(=O)O. The standard InChI is InChI=1S/C16H18ClNOS.C4H4O4/c1-18-7-4-13-14(5-8-18)16(3-2-15(13)17)19-10-12-6-9-20-11-12;5-3(6)1-2-4(7)8/h2-3,6,9,11H,4-5,7-8,10H2,1H3;1-2H,(H,5,6)(H,7,8)/b;2-1-. The van der Waals surface area contributed by atoms with Crippen LogP contribution in [0.15, 0.2) is 41.1 Å². The zero-order valence-electron chi connectivity index (χ0n) is 15.4. The molecule has 0 amide bonds. The van der Waals surface area contributed by atoms with E-state index in [4.69, 9.17) is 26.6 Å². The van der Waals surface area contributed by atoms with E-state index in [0.717, 1.165) is 36.7 Å². The van der Waals surface area contributed by atoms with Gasteiger partial charge in [-0.2, -0.15) is 11.3 Å². The molecule has 150 valence electrons. The highest BCUT2D eigenvalue weighted by molar-refractivity contribution is 7.07. The van der Waals surface area contributed by atoms with Gasteiger partial charge in [-0.15, -0.1) is 0 Å². The Morgan fingerprint density at radius 1 is 1.14 bits per heavy atom. The number of hydrogen-bond donors (Lipinski definition) is 2. The van der Waals surface area contributed by atoms with Crippen molar-refractivity contribution in [1.29, 1.82) is 0 Å². The largest absolute Gasteiger partial charge is 0.489 e. The first-order valence-electron chi connectivity index (χ1n) is 8.63. The van der Waals surface area contributed by atoms with Gasteiger partial charge in [-0.1, -0.05) is 11.6 Å². The third-order valence-corrected chi connectivity index (χ3v) is 5.25. The quantitative estimate of drug-likeness (QED) is 0.712. The molecule has 1 aromatic carbocycles. The Bertz CT molecular complexity index is 819. The van der Waals surface area contributed by atoms with Crippen molar-refractivity contribution in [2.24, 2.45) is 0 Å². The van der Waals surface area contributed by atoms with E-state index in [1.165, 1.54) is 16.7 Å². The Morgan fingerprint density at radius 3 is 2.36 bits per heavy atom. The van der Waals surface area contributed by atoms with Crippen molar-refractivity contribution in [1.82, 2.24) is 4.90 Å². The van der Waals surface area contributed by atoms with Gasteiger partial charge < -0.3 is 19.8 Å². The number of hydrogen-bond acceptors (Lipinski definition) is 5. The summed E-state index contributed by atoms with van der Waals surface area (Å²) in [5.74, 6) is -1.52. The molecule has 0 atom stereocenters. The van der Waals surface area contributed by atoms with E-state index < -0.39 is 11.9 Å². The third kappa shape index (κ3) is 6.99. The Labute approximate surface area is 172 Å². The number of halogens is 1. The highest BCUT2D eigenvalue weighted by Gasteiger charge is 2.18. The van der Waals surface area contributed by atoms with Crippen molar-refractivity contribution in [3.8, 4) is 5.75 Å². The lowest BCUT2D eigenvalue weighted by Gasteiger charge is -2.14. The van der Waals surface area contributed by atoms with E-state index in [1.54, 1.807) is 11.3 Å². The van der Waals surface area contributed by atoms with Gasteiger partial charge in [0.05, 0.1) is 0 Å². The Kier molecular flexibility index (Phi) is 8.50. The normalized spacial score (nSPS) is 13.9. The molecule has 0 spiro atoms. The Hall–Kier alpha value is -2.35. The maximum Gasteiger partial charge on any atom is 0.328 e. The Morgan fingerprint density at radius 2 is 1.79 bits per heavy atom. The average molecular weight is 424 g/mol. The number of ether oxygens (including phenoxy) is 1. The lowest BCUT2D eigenvalue weighted by Crippen LogP contribution is -2.20. The van der Waals surface area contributed by atoms with Gasteiger partial charge in [-0.05, 0) is 60.0 Å². The van der Waals surface area contributed by atoms with E-state index in [0.29, 0.717) is 18.8 Å². The molecule has 0 fully saturated rings. The Balaban J connectivity index is 0.000000300. The second-order valence-corrected chi connectivity index (χ2v) is 7.42. The molecule has 1 aliphatic heterocycles. The minimum absolute atomic E-state index is 0.558. The number of aliphatic carboxylic acids is 2. The number of benzene rings is 1. The van der Waals surface area contributed by atoms with Gasteiger partial charge in [0.25, 0.3) is 0 Å². The van der Waals surface area contributed by atoms with Crippen LogP contribution < -0.4 is 4.74 Å². The average Bonchev–Trinajstić information content (AvgIpc) is 3.09. The minimum atomic E-state index is -1.26. The molecule has 1 aliphatic rings. The fourth-order valence-electron chi connectivity index (χ4n) is 2.72. The molecule has 0 unspecified atom stereocenters. The van der Waals surface area contributed by atoms with Crippen LogP contribution in [0.3, 0.4) is 0 Å². The fourth-order valence-corrected chi connectivity index (χ4v) is 3.64. The van der Waals surface area contributed by atoms with E-state index in [2.05, 4.69) is 28.8 Å². The van der Waals surface area contributed by atoms with Crippen LogP contribution in [0, 0.1) is 0 Å². The van der Waals surface area contributed by atoms with E-state index in [9.17, 15) is 9.59 Å². The molecule has 0 radical (unpaired) electrons. The summed E-state index contributed by atoms with van der Waals surface area (Å²) in [6, 6.07) is 6.08. The molecule has 6 nitrogen and oxygen atoms in total. The molecule has 0 aliphatic carbocycles.